The van der Waals surface area contributed by atoms with Gasteiger partial charge in [0.15, 0.2) is 0 Å². The van der Waals surface area contributed by atoms with Crippen LogP contribution in [-0.4, -0.2) is 12.6 Å². The quantitative estimate of drug-likeness (QED) is 0.836. The van der Waals surface area contributed by atoms with E-state index < -0.39 is 0 Å². The molecule has 3 heteroatoms. The molecule has 1 saturated carbocycles. The third-order valence-electron chi connectivity index (χ3n) is 4.10. The van der Waals surface area contributed by atoms with Crippen LogP contribution in [0.4, 0.5) is 4.39 Å². The molecule has 0 aromatic heterocycles. The van der Waals surface area contributed by atoms with Crippen molar-refractivity contribution in [1.82, 2.24) is 5.32 Å². The van der Waals surface area contributed by atoms with E-state index in [9.17, 15) is 4.39 Å². The first kappa shape index (κ1) is 15.0. The lowest BCUT2D eigenvalue weighted by atomic mass is 9.89. The number of halogens is 2. The number of hydrogen-bond acceptors (Lipinski definition) is 1. The first-order chi connectivity index (χ1) is 9.06. The third-order valence-corrected chi connectivity index (χ3v) is 4.60. The normalized spacial score (nSPS) is 23.2. The summed E-state index contributed by atoms with van der Waals surface area (Å²) in [4.78, 5) is 0. The van der Waals surface area contributed by atoms with Crippen LogP contribution in [0.25, 0.3) is 0 Å². The Hall–Kier alpha value is -0.410. The third kappa shape index (κ3) is 4.28. The van der Waals surface area contributed by atoms with Crippen LogP contribution in [-0.2, 0) is 6.42 Å². The van der Waals surface area contributed by atoms with E-state index in [1.165, 1.54) is 19.3 Å². The molecule has 0 saturated heterocycles. The van der Waals surface area contributed by atoms with Crippen LogP contribution in [0.3, 0.4) is 0 Å². The highest BCUT2D eigenvalue weighted by Crippen LogP contribution is 2.34. The van der Waals surface area contributed by atoms with Crippen LogP contribution in [0.2, 0.25) is 0 Å². The summed E-state index contributed by atoms with van der Waals surface area (Å²) in [7, 11) is 0. The molecule has 2 atom stereocenters. The van der Waals surface area contributed by atoms with Gasteiger partial charge < -0.3 is 5.32 Å². The average Bonchev–Trinajstić information content (AvgIpc) is 2.77. The van der Waals surface area contributed by atoms with E-state index in [0.717, 1.165) is 23.0 Å². The molecule has 0 aliphatic heterocycles. The van der Waals surface area contributed by atoms with Gasteiger partial charge in [-0.2, -0.15) is 0 Å². The molecular weight excluding hydrogens is 305 g/mol. The summed E-state index contributed by atoms with van der Waals surface area (Å²) in [5.74, 6) is 1.25. The summed E-state index contributed by atoms with van der Waals surface area (Å²) < 4.78 is 14.7. The van der Waals surface area contributed by atoms with Crippen molar-refractivity contribution in [1.29, 1.82) is 0 Å². The van der Waals surface area contributed by atoms with Crippen LogP contribution >= 0.6 is 15.9 Å². The summed E-state index contributed by atoms with van der Waals surface area (Å²) in [5, 5.41) is 3.53. The van der Waals surface area contributed by atoms with Crippen molar-refractivity contribution in [2.45, 2.75) is 45.6 Å². The van der Waals surface area contributed by atoms with Crippen molar-refractivity contribution in [3.8, 4) is 0 Å². The van der Waals surface area contributed by atoms with Crippen LogP contribution < -0.4 is 5.32 Å². The van der Waals surface area contributed by atoms with Crippen molar-refractivity contribution in [3.63, 3.8) is 0 Å². The maximum atomic E-state index is 13.9. The van der Waals surface area contributed by atoms with Gasteiger partial charge in [-0.25, -0.2) is 4.39 Å². The standard InChI is InChI=1S/C16H23BrFN/c1-11(2)19-10-14-5-3-4-12(14)8-13-6-7-15(17)9-16(13)18/h6-7,9,11-12,14,19H,3-5,8,10H2,1-2H3. The van der Waals surface area contributed by atoms with E-state index in [-0.39, 0.29) is 5.82 Å². The van der Waals surface area contributed by atoms with E-state index >= 15 is 0 Å². The molecule has 1 N–H and O–H groups in total. The molecule has 2 rings (SSSR count). The maximum Gasteiger partial charge on any atom is 0.127 e. The van der Waals surface area contributed by atoms with Gasteiger partial charge in [0.25, 0.3) is 0 Å². The number of hydrogen-bond donors (Lipinski definition) is 1. The van der Waals surface area contributed by atoms with Crippen LogP contribution in [0.1, 0.15) is 38.7 Å². The minimum atomic E-state index is -0.0724. The lowest BCUT2D eigenvalue weighted by molar-refractivity contribution is 0.351. The zero-order chi connectivity index (χ0) is 13.8. The topological polar surface area (TPSA) is 12.0 Å². The summed E-state index contributed by atoms with van der Waals surface area (Å²) in [5.41, 5.74) is 0.865. The second-order valence-electron chi connectivity index (χ2n) is 5.95. The van der Waals surface area contributed by atoms with Crippen LogP contribution in [0.15, 0.2) is 22.7 Å². The van der Waals surface area contributed by atoms with Gasteiger partial charge in [-0.05, 0) is 55.3 Å². The van der Waals surface area contributed by atoms with E-state index in [2.05, 4.69) is 35.1 Å². The Morgan fingerprint density at radius 1 is 1.32 bits per heavy atom. The predicted molar refractivity (Wildman–Crippen MR) is 81.8 cm³/mol. The molecule has 1 aliphatic rings. The Morgan fingerprint density at radius 3 is 2.74 bits per heavy atom. The smallest absolute Gasteiger partial charge is 0.127 e. The molecule has 0 amide bonds. The highest BCUT2D eigenvalue weighted by Gasteiger charge is 2.27. The lowest BCUT2D eigenvalue weighted by Gasteiger charge is -2.21. The minimum Gasteiger partial charge on any atom is -0.314 e. The SMILES string of the molecule is CC(C)NCC1CCCC1Cc1ccc(Br)cc1F. The molecule has 2 unspecified atom stereocenters. The molecule has 19 heavy (non-hydrogen) atoms. The van der Waals surface area contributed by atoms with Gasteiger partial charge in [-0.3, -0.25) is 0 Å². The zero-order valence-corrected chi connectivity index (χ0v) is 13.3. The molecule has 0 spiro atoms. The van der Waals surface area contributed by atoms with Crippen molar-refractivity contribution in [2.75, 3.05) is 6.54 Å². The van der Waals surface area contributed by atoms with E-state index in [1.54, 1.807) is 6.07 Å². The fourth-order valence-corrected chi connectivity index (χ4v) is 3.34. The van der Waals surface area contributed by atoms with Crippen LogP contribution in [0, 0.1) is 17.7 Å². The van der Waals surface area contributed by atoms with Gasteiger partial charge >= 0.3 is 0 Å². The number of benzene rings is 1. The zero-order valence-electron chi connectivity index (χ0n) is 11.8. The number of rotatable bonds is 5. The fourth-order valence-electron chi connectivity index (χ4n) is 3.01. The van der Waals surface area contributed by atoms with Gasteiger partial charge in [0.05, 0.1) is 0 Å². The number of nitrogens with one attached hydrogen (secondary N) is 1. The Kier molecular flexibility index (Phi) is 5.40. The van der Waals surface area contributed by atoms with Crippen molar-refractivity contribution in [2.24, 2.45) is 11.8 Å². The summed E-state index contributed by atoms with van der Waals surface area (Å²) in [6.45, 7) is 5.43. The first-order valence-corrected chi connectivity index (χ1v) is 8.03. The maximum absolute atomic E-state index is 13.9. The minimum absolute atomic E-state index is 0.0724. The molecule has 1 aromatic carbocycles. The van der Waals surface area contributed by atoms with Gasteiger partial charge in [0.1, 0.15) is 5.82 Å². The monoisotopic (exact) mass is 327 g/mol. The molecular formula is C16H23BrFN. The van der Waals surface area contributed by atoms with Crippen molar-refractivity contribution in [3.05, 3.63) is 34.1 Å². The van der Waals surface area contributed by atoms with Gasteiger partial charge in [0.2, 0.25) is 0 Å². The molecule has 0 bridgehead atoms. The Balaban J connectivity index is 1.97. The molecule has 1 aromatic rings. The molecule has 1 fully saturated rings. The molecule has 106 valence electrons. The summed E-state index contributed by atoms with van der Waals surface area (Å²) in [6, 6.07) is 5.97. The van der Waals surface area contributed by atoms with Crippen molar-refractivity contribution >= 4 is 15.9 Å². The highest BCUT2D eigenvalue weighted by molar-refractivity contribution is 9.10. The van der Waals surface area contributed by atoms with Crippen molar-refractivity contribution < 1.29 is 4.39 Å². The Bertz CT molecular complexity index is 419. The average molecular weight is 328 g/mol. The lowest BCUT2D eigenvalue weighted by Crippen LogP contribution is -2.31. The fraction of sp³-hybridized carbons (Fsp3) is 0.625. The first-order valence-electron chi connectivity index (χ1n) is 7.23. The molecule has 0 radical (unpaired) electrons. The molecule has 1 nitrogen and oxygen atoms in total. The predicted octanol–water partition coefficient (Wildman–Crippen LogP) is 4.55. The Morgan fingerprint density at radius 2 is 2.05 bits per heavy atom. The summed E-state index contributed by atoms with van der Waals surface area (Å²) >= 11 is 3.31. The largest absolute Gasteiger partial charge is 0.314 e. The van der Waals surface area contributed by atoms with Gasteiger partial charge in [0, 0.05) is 10.5 Å². The molecule has 0 heterocycles. The molecule has 1 aliphatic carbocycles. The summed E-state index contributed by atoms with van der Waals surface area (Å²) in [6.07, 6.45) is 4.68. The Labute approximate surface area is 124 Å². The highest BCUT2D eigenvalue weighted by atomic mass is 79.9. The van der Waals surface area contributed by atoms with E-state index in [4.69, 9.17) is 0 Å². The van der Waals surface area contributed by atoms with Gasteiger partial charge in [-0.15, -0.1) is 0 Å². The second-order valence-corrected chi connectivity index (χ2v) is 6.87. The van der Waals surface area contributed by atoms with E-state index in [1.807, 2.05) is 12.1 Å². The van der Waals surface area contributed by atoms with Gasteiger partial charge in [-0.1, -0.05) is 42.3 Å². The van der Waals surface area contributed by atoms with Crippen LogP contribution in [0.5, 0.6) is 0 Å². The second kappa shape index (κ2) is 6.85. The van der Waals surface area contributed by atoms with E-state index in [0.29, 0.717) is 17.9 Å².